The zero-order valence-electron chi connectivity index (χ0n) is 19.0. The van der Waals surface area contributed by atoms with Gasteiger partial charge in [-0.25, -0.2) is 13.2 Å². The van der Waals surface area contributed by atoms with Gasteiger partial charge >= 0.3 is 12.1 Å². The van der Waals surface area contributed by atoms with Gasteiger partial charge in [0.25, 0.3) is 0 Å². The van der Waals surface area contributed by atoms with Gasteiger partial charge in [-0.2, -0.15) is 13.2 Å². The minimum atomic E-state index is -4.79. The predicted molar refractivity (Wildman–Crippen MR) is 122 cm³/mol. The summed E-state index contributed by atoms with van der Waals surface area (Å²) in [6, 6.07) is 7.73. The summed E-state index contributed by atoms with van der Waals surface area (Å²) >= 11 is 1.35. The van der Waals surface area contributed by atoms with Crippen molar-refractivity contribution >= 4 is 29.1 Å². The van der Waals surface area contributed by atoms with Crippen LogP contribution in [0.25, 0.3) is 0 Å². The molecule has 194 valence electrons. The number of fused-ring (bicyclic) bond motifs is 1. The van der Waals surface area contributed by atoms with Crippen LogP contribution in [0.2, 0.25) is 0 Å². The van der Waals surface area contributed by atoms with Gasteiger partial charge in [-0.3, -0.25) is 4.79 Å². The van der Waals surface area contributed by atoms with Gasteiger partial charge in [-0.15, -0.1) is 11.8 Å². The van der Waals surface area contributed by atoms with E-state index in [9.17, 15) is 36.2 Å². The Kier molecular flexibility index (Phi) is 5.92. The van der Waals surface area contributed by atoms with Crippen LogP contribution >= 0.6 is 11.8 Å². The molecule has 1 aliphatic heterocycles. The van der Waals surface area contributed by atoms with Crippen molar-refractivity contribution in [2.75, 3.05) is 23.8 Å². The molecular formula is C25H23F6NO3S. The van der Waals surface area contributed by atoms with Crippen LogP contribution in [0.4, 0.5) is 37.7 Å². The van der Waals surface area contributed by atoms with E-state index >= 15 is 0 Å². The molecule has 0 atom stereocenters. The van der Waals surface area contributed by atoms with Crippen molar-refractivity contribution in [2.45, 2.75) is 49.1 Å². The van der Waals surface area contributed by atoms with Crippen molar-refractivity contribution < 1.29 is 41.0 Å². The zero-order valence-corrected chi connectivity index (χ0v) is 19.8. The van der Waals surface area contributed by atoms with E-state index in [-0.39, 0.29) is 12.8 Å². The minimum Gasteiger partial charge on any atom is -0.492 e. The van der Waals surface area contributed by atoms with Crippen molar-refractivity contribution in [1.29, 1.82) is 0 Å². The lowest BCUT2D eigenvalue weighted by molar-refractivity contribution is -0.240. The fourth-order valence-corrected chi connectivity index (χ4v) is 6.84. The monoisotopic (exact) mass is 531 g/mol. The molecular weight excluding hydrogens is 508 g/mol. The summed E-state index contributed by atoms with van der Waals surface area (Å²) in [7, 11) is 0. The lowest BCUT2D eigenvalue weighted by atomic mass is 9.44. The highest BCUT2D eigenvalue weighted by Gasteiger charge is 2.69. The molecule has 2 saturated carbocycles. The fraction of sp³-hybridized carbons (Fsp3) is 0.480. The minimum absolute atomic E-state index is 0.0513. The van der Waals surface area contributed by atoms with Gasteiger partial charge in [0, 0.05) is 30.0 Å². The Morgan fingerprint density at radius 1 is 1.08 bits per heavy atom. The number of alkyl halides is 5. The average molecular weight is 532 g/mol. The van der Waals surface area contributed by atoms with E-state index < -0.39 is 65.5 Å². The molecule has 2 aromatic carbocycles. The first kappa shape index (κ1) is 25.1. The van der Waals surface area contributed by atoms with Crippen molar-refractivity contribution in [1.82, 2.24) is 0 Å². The number of aliphatic carboxylic acids is 1. The number of carboxylic acid groups (broad SMARTS) is 1. The molecule has 0 radical (unpaired) electrons. The van der Waals surface area contributed by atoms with Crippen LogP contribution in [0.5, 0.6) is 5.75 Å². The molecule has 0 unspecified atom stereocenters. The maximum atomic E-state index is 14.1. The molecule has 11 heteroatoms. The van der Waals surface area contributed by atoms with Crippen LogP contribution < -0.4 is 9.64 Å². The number of anilines is 2. The van der Waals surface area contributed by atoms with Gasteiger partial charge in [0.05, 0.1) is 11.3 Å². The molecule has 3 aliphatic rings. The molecule has 5 rings (SSSR count). The number of thioether (sulfide) groups is 1. The molecule has 36 heavy (non-hydrogen) atoms. The summed E-state index contributed by atoms with van der Waals surface area (Å²) in [5.41, 5.74) is -2.49. The Morgan fingerprint density at radius 2 is 1.75 bits per heavy atom. The number of ether oxygens (including phenoxy) is 1. The lowest BCUT2D eigenvalue weighted by Gasteiger charge is -2.61. The van der Waals surface area contributed by atoms with E-state index in [4.69, 9.17) is 4.74 Å². The quantitative estimate of drug-likeness (QED) is 0.416. The Morgan fingerprint density at radius 3 is 2.33 bits per heavy atom. The first-order chi connectivity index (χ1) is 16.8. The highest BCUT2D eigenvalue weighted by atomic mass is 32.2. The van der Waals surface area contributed by atoms with Gasteiger partial charge in [0.15, 0.2) is 0 Å². The number of benzene rings is 2. The maximum Gasteiger partial charge on any atom is 0.420 e. The Balaban J connectivity index is 1.45. The summed E-state index contributed by atoms with van der Waals surface area (Å²) in [5, 5.41) is 9.76. The van der Waals surface area contributed by atoms with Crippen LogP contribution in [0.1, 0.15) is 37.7 Å². The number of hydrogen-bond acceptors (Lipinski definition) is 4. The second kappa shape index (κ2) is 8.49. The van der Waals surface area contributed by atoms with E-state index in [0.717, 1.165) is 6.07 Å². The van der Waals surface area contributed by atoms with Gasteiger partial charge < -0.3 is 14.7 Å². The molecule has 0 saturated heterocycles. The third kappa shape index (κ3) is 4.50. The van der Waals surface area contributed by atoms with E-state index in [1.54, 1.807) is 4.90 Å². The standard InChI is InChI=1S/C25H23F6NO3S/c26-15-2-4-16(5-3-15)32-6-1-7-36-20-9-19(17(8-18(20)32)25(29,30)31)35-14-23(21(33)34)10-22(11-23)12-24(27,28)13-22/h2-5,8-9H,1,6-7,10-14H2,(H,33,34). The normalized spacial score (nSPS) is 21.7. The highest BCUT2D eigenvalue weighted by molar-refractivity contribution is 7.99. The fourth-order valence-electron chi connectivity index (χ4n) is 5.84. The van der Waals surface area contributed by atoms with E-state index in [2.05, 4.69) is 0 Å². The second-order valence-corrected chi connectivity index (χ2v) is 11.2. The van der Waals surface area contributed by atoms with Crippen LogP contribution in [0.3, 0.4) is 0 Å². The van der Waals surface area contributed by atoms with Crippen LogP contribution in [-0.4, -0.2) is 35.9 Å². The third-order valence-corrected chi connectivity index (χ3v) is 8.36. The Bertz CT molecular complexity index is 1170. The zero-order chi connectivity index (χ0) is 25.9. The molecule has 0 bridgehead atoms. The Labute approximate surface area is 207 Å². The first-order valence-electron chi connectivity index (χ1n) is 11.5. The largest absolute Gasteiger partial charge is 0.492 e. The maximum absolute atomic E-state index is 14.1. The van der Waals surface area contributed by atoms with Gasteiger partial charge in [-0.1, -0.05) is 0 Å². The lowest BCUT2D eigenvalue weighted by Crippen LogP contribution is -2.62. The molecule has 2 aliphatic carbocycles. The number of carboxylic acids is 1. The number of carbonyl (C=O) groups is 1. The van der Waals surface area contributed by atoms with Crippen molar-refractivity contribution in [3.05, 3.63) is 47.8 Å². The van der Waals surface area contributed by atoms with Crippen molar-refractivity contribution in [3.8, 4) is 5.75 Å². The van der Waals surface area contributed by atoms with Gasteiger partial charge in [-0.05, 0) is 66.8 Å². The summed E-state index contributed by atoms with van der Waals surface area (Å²) in [6.07, 6.45) is -5.03. The molecule has 1 N–H and O–H groups in total. The van der Waals surface area contributed by atoms with E-state index in [1.165, 1.54) is 42.1 Å². The summed E-state index contributed by atoms with van der Waals surface area (Å²) in [5.74, 6) is -4.40. The first-order valence-corrected chi connectivity index (χ1v) is 12.5. The second-order valence-electron chi connectivity index (χ2n) is 10.1. The van der Waals surface area contributed by atoms with Crippen LogP contribution in [0.15, 0.2) is 41.3 Å². The number of hydrogen-bond donors (Lipinski definition) is 1. The SMILES string of the molecule is O=C(O)C1(COc2cc3c(cc2C(F)(F)F)N(c2ccc(F)cc2)CCCS3)CC2(CC(F)(F)C2)C1. The smallest absolute Gasteiger partial charge is 0.420 e. The molecule has 0 aromatic heterocycles. The summed E-state index contributed by atoms with van der Waals surface area (Å²) < 4.78 is 88.0. The molecule has 0 amide bonds. The summed E-state index contributed by atoms with van der Waals surface area (Å²) in [4.78, 5) is 14.2. The number of halogens is 6. The number of nitrogens with zero attached hydrogens (tertiary/aromatic N) is 1. The van der Waals surface area contributed by atoms with E-state index in [1.807, 2.05) is 0 Å². The van der Waals surface area contributed by atoms with Crippen LogP contribution in [0, 0.1) is 16.6 Å². The molecule has 2 aromatic rings. The molecule has 2 fully saturated rings. The van der Waals surface area contributed by atoms with Gasteiger partial charge in [0.1, 0.15) is 23.6 Å². The van der Waals surface area contributed by atoms with E-state index in [0.29, 0.717) is 35.0 Å². The van der Waals surface area contributed by atoms with Crippen LogP contribution in [-0.2, 0) is 11.0 Å². The predicted octanol–water partition coefficient (Wildman–Crippen LogP) is 7.14. The Hall–Kier alpha value is -2.56. The number of rotatable bonds is 5. The topological polar surface area (TPSA) is 49.8 Å². The van der Waals surface area contributed by atoms with Crippen molar-refractivity contribution in [2.24, 2.45) is 10.8 Å². The third-order valence-electron chi connectivity index (χ3n) is 7.23. The summed E-state index contributed by atoms with van der Waals surface area (Å²) in [6.45, 7) is -0.109. The molecule has 1 spiro atoms. The van der Waals surface area contributed by atoms with Crippen molar-refractivity contribution in [3.63, 3.8) is 0 Å². The highest BCUT2D eigenvalue weighted by Crippen LogP contribution is 2.69. The molecule has 1 heterocycles. The van der Waals surface area contributed by atoms with Gasteiger partial charge in [0.2, 0.25) is 5.92 Å². The molecule has 4 nitrogen and oxygen atoms in total. The average Bonchev–Trinajstić information content (AvgIpc) is 2.95.